The molecule has 0 fully saturated rings. The maximum atomic E-state index is 12.8. The molecule has 220 valence electrons. The SMILES string of the molecule is C=C[Si](C=C)(CC)c1ccc(C(=O)OOC(OOC(=O)c2ccc([Si](C=C)(C=C)CC)cc2)C(C)(CC)CC)cc1. The normalized spacial score (nSPS) is 12.0. The minimum atomic E-state index is -2.02. The van der Waals surface area contributed by atoms with Crippen molar-refractivity contribution in [3.05, 3.63) is 109 Å². The molecule has 2 aromatic rings. The summed E-state index contributed by atoms with van der Waals surface area (Å²) in [6.45, 7) is 26.0. The van der Waals surface area contributed by atoms with Crippen LogP contribution in [-0.4, -0.2) is 34.4 Å². The van der Waals surface area contributed by atoms with Gasteiger partial charge in [0, 0.05) is 5.41 Å². The molecule has 0 spiro atoms. The fourth-order valence-corrected chi connectivity index (χ4v) is 9.38. The van der Waals surface area contributed by atoms with Crippen molar-refractivity contribution < 1.29 is 29.1 Å². The first kappa shape index (κ1) is 33.9. The Morgan fingerprint density at radius 1 is 0.683 bits per heavy atom. The summed E-state index contributed by atoms with van der Waals surface area (Å²) >= 11 is 0. The molecule has 0 aliphatic carbocycles. The molecule has 2 rings (SSSR count). The lowest BCUT2D eigenvalue weighted by Crippen LogP contribution is -2.43. The van der Waals surface area contributed by atoms with Crippen LogP contribution in [0.3, 0.4) is 0 Å². The molecule has 8 heteroatoms. The molecule has 0 amide bonds. The van der Waals surface area contributed by atoms with Crippen molar-refractivity contribution in [1.29, 1.82) is 0 Å². The predicted octanol–water partition coefficient (Wildman–Crippen LogP) is 6.97. The fraction of sp³-hybridized carbons (Fsp3) is 0.333. The van der Waals surface area contributed by atoms with Crippen LogP contribution in [0.4, 0.5) is 0 Å². The minimum Gasteiger partial charge on any atom is -0.290 e. The second-order valence-corrected chi connectivity index (χ2v) is 18.7. The van der Waals surface area contributed by atoms with Crippen molar-refractivity contribution in [2.45, 2.75) is 65.8 Å². The van der Waals surface area contributed by atoms with Crippen LogP contribution in [0.1, 0.15) is 68.2 Å². The molecule has 0 N–H and O–H groups in total. The van der Waals surface area contributed by atoms with E-state index in [1.165, 1.54) is 0 Å². The predicted molar refractivity (Wildman–Crippen MR) is 171 cm³/mol. The Morgan fingerprint density at radius 2 is 1.00 bits per heavy atom. The molecule has 0 heterocycles. The zero-order chi connectivity index (χ0) is 30.7. The molecule has 0 unspecified atom stereocenters. The molecular formula is C33H44O6Si2. The number of rotatable bonds is 17. The quantitative estimate of drug-likeness (QED) is 0.0855. The van der Waals surface area contributed by atoms with Gasteiger partial charge in [0.25, 0.3) is 6.29 Å². The van der Waals surface area contributed by atoms with E-state index in [1.54, 1.807) is 24.3 Å². The summed E-state index contributed by atoms with van der Waals surface area (Å²) in [7, 11) is -4.04. The van der Waals surface area contributed by atoms with Crippen LogP contribution in [-0.2, 0) is 19.6 Å². The van der Waals surface area contributed by atoms with E-state index < -0.39 is 39.8 Å². The van der Waals surface area contributed by atoms with E-state index in [4.69, 9.17) is 19.6 Å². The number of carbonyl (C=O) groups is 2. The van der Waals surface area contributed by atoms with Crippen LogP contribution in [0, 0.1) is 5.41 Å². The Balaban J connectivity index is 2.14. The number of hydrogen-bond donors (Lipinski definition) is 0. The summed E-state index contributed by atoms with van der Waals surface area (Å²) in [6.07, 6.45) is 0.0888. The van der Waals surface area contributed by atoms with Gasteiger partial charge in [-0.25, -0.2) is 9.59 Å². The summed E-state index contributed by atoms with van der Waals surface area (Å²) in [5.41, 5.74) is 7.95. The number of hydrogen-bond acceptors (Lipinski definition) is 6. The van der Waals surface area contributed by atoms with Gasteiger partial charge in [0.05, 0.1) is 11.1 Å². The third kappa shape index (κ3) is 7.51. The molecule has 6 nitrogen and oxygen atoms in total. The smallest absolute Gasteiger partial charge is 0.290 e. The standard InChI is InChI=1S/C33H44O6Si2/c1-10-33(9,11-2)32(38-36-30(34)26-18-22-28(23-19-26)40(12-3,13-4)14-5)39-37-31(35)27-20-24-29(25-21-27)41(15-6,16-7)17-8/h12-13,15-16,18-25,32H,3-4,6-7,10-11,14,17H2,1-2,5,8-9H3. The minimum absolute atomic E-state index is 0.317. The first-order chi connectivity index (χ1) is 19.6. The first-order valence-corrected chi connectivity index (χ1v) is 18.8. The summed E-state index contributed by atoms with van der Waals surface area (Å²) in [5, 5.41) is 2.20. The molecular weight excluding hydrogens is 549 g/mol. The number of benzene rings is 2. The van der Waals surface area contributed by atoms with Gasteiger partial charge in [0.2, 0.25) is 0 Å². The highest BCUT2D eigenvalue weighted by Crippen LogP contribution is 2.33. The molecule has 0 saturated heterocycles. The molecule has 41 heavy (non-hydrogen) atoms. The molecule has 0 saturated carbocycles. The monoisotopic (exact) mass is 592 g/mol. The average molecular weight is 593 g/mol. The molecule has 0 bridgehead atoms. The zero-order valence-electron chi connectivity index (χ0n) is 25.1. The second kappa shape index (κ2) is 15.1. The Hall–Kier alpha value is -3.31. The second-order valence-electron chi connectivity index (χ2n) is 10.4. The molecule has 0 radical (unpaired) electrons. The maximum absolute atomic E-state index is 12.8. The highest BCUT2D eigenvalue weighted by atomic mass is 28.3. The van der Waals surface area contributed by atoms with Gasteiger partial charge < -0.3 is 0 Å². The summed E-state index contributed by atoms with van der Waals surface area (Å²) < 4.78 is 0. The van der Waals surface area contributed by atoms with Crippen molar-refractivity contribution in [2.75, 3.05) is 0 Å². The first-order valence-electron chi connectivity index (χ1n) is 14.1. The molecule has 0 aliphatic heterocycles. The van der Waals surface area contributed by atoms with Crippen LogP contribution < -0.4 is 10.4 Å². The molecule has 0 atom stereocenters. The Kier molecular flexibility index (Phi) is 12.5. The van der Waals surface area contributed by atoms with Crippen LogP contribution in [0.25, 0.3) is 0 Å². The zero-order valence-corrected chi connectivity index (χ0v) is 27.1. The summed E-state index contributed by atoms with van der Waals surface area (Å²) in [4.78, 5) is 46.9. The van der Waals surface area contributed by atoms with E-state index in [9.17, 15) is 9.59 Å². The van der Waals surface area contributed by atoms with E-state index in [-0.39, 0.29) is 0 Å². The van der Waals surface area contributed by atoms with Gasteiger partial charge in [0.15, 0.2) is 0 Å². The highest BCUT2D eigenvalue weighted by Gasteiger charge is 2.38. The van der Waals surface area contributed by atoms with Crippen molar-refractivity contribution >= 4 is 38.5 Å². The van der Waals surface area contributed by atoms with Gasteiger partial charge in [-0.2, -0.15) is 0 Å². The van der Waals surface area contributed by atoms with E-state index >= 15 is 0 Å². The van der Waals surface area contributed by atoms with Crippen LogP contribution in [0.15, 0.2) is 97.6 Å². The summed E-state index contributed by atoms with van der Waals surface area (Å²) in [5.74, 6) is -1.37. The van der Waals surface area contributed by atoms with Crippen molar-refractivity contribution in [1.82, 2.24) is 0 Å². The van der Waals surface area contributed by atoms with Gasteiger partial charge in [-0.3, -0.25) is 9.78 Å². The summed E-state index contributed by atoms with van der Waals surface area (Å²) in [6, 6.07) is 16.2. The van der Waals surface area contributed by atoms with E-state index in [0.717, 1.165) is 22.5 Å². The molecule has 2 aromatic carbocycles. The molecule has 0 aliphatic rings. The van der Waals surface area contributed by atoms with Gasteiger partial charge in [-0.05, 0) is 49.2 Å². The van der Waals surface area contributed by atoms with E-state index in [2.05, 4.69) is 40.2 Å². The van der Waals surface area contributed by atoms with Crippen LogP contribution in [0.5, 0.6) is 0 Å². The Labute approximate surface area is 247 Å². The van der Waals surface area contributed by atoms with E-state index in [1.807, 2.05) is 67.8 Å². The van der Waals surface area contributed by atoms with Crippen molar-refractivity contribution in [2.24, 2.45) is 5.41 Å². The van der Waals surface area contributed by atoms with Gasteiger partial charge in [-0.1, -0.05) is 92.1 Å². The Bertz CT molecular complexity index is 1110. The fourth-order valence-electron chi connectivity index (χ4n) is 4.56. The largest absolute Gasteiger partial charge is 0.373 e. The number of carbonyl (C=O) groups excluding carboxylic acids is 2. The maximum Gasteiger partial charge on any atom is 0.373 e. The lowest BCUT2D eigenvalue weighted by molar-refractivity contribution is -0.445. The topological polar surface area (TPSA) is 71.1 Å². The lowest BCUT2D eigenvalue weighted by Gasteiger charge is -2.32. The average Bonchev–Trinajstić information content (AvgIpc) is 3.03. The lowest BCUT2D eigenvalue weighted by atomic mass is 9.84. The third-order valence-electron chi connectivity index (χ3n) is 8.55. The van der Waals surface area contributed by atoms with Gasteiger partial charge >= 0.3 is 11.9 Å². The van der Waals surface area contributed by atoms with E-state index in [0.29, 0.717) is 24.0 Å². The van der Waals surface area contributed by atoms with Crippen LogP contribution in [0.2, 0.25) is 12.1 Å². The van der Waals surface area contributed by atoms with Gasteiger partial charge in [0.1, 0.15) is 16.1 Å². The van der Waals surface area contributed by atoms with Crippen molar-refractivity contribution in [3.63, 3.8) is 0 Å². The Morgan fingerprint density at radius 3 is 1.24 bits per heavy atom. The highest BCUT2D eigenvalue weighted by molar-refractivity contribution is 7.00. The third-order valence-corrected chi connectivity index (χ3v) is 16.6. The van der Waals surface area contributed by atoms with Crippen LogP contribution >= 0.6 is 0 Å². The molecule has 0 aromatic heterocycles. The van der Waals surface area contributed by atoms with Crippen molar-refractivity contribution in [3.8, 4) is 0 Å². The van der Waals surface area contributed by atoms with Gasteiger partial charge in [-0.15, -0.1) is 36.1 Å².